The van der Waals surface area contributed by atoms with Crippen LogP contribution in [0.15, 0.2) is 12.1 Å². The molecule has 3 amide bonds. The SMILES string of the molecule is CC(C)(C)OC(=O)N1CCC(O)CC1.CC(C)(C)OC(=O)N1CCC(Oc2cc(C(N)=O)cc(C(F)(F)F)n2)CC1. The number of aliphatic hydroxyl groups is 1. The molecule has 2 saturated heterocycles. The van der Waals surface area contributed by atoms with E-state index >= 15 is 0 Å². The van der Waals surface area contributed by atoms with E-state index in [-0.39, 0.29) is 23.6 Å². The molecule has 1 aromatic heterocycles. The maximum absolute atomic E-state index is 12.9. The summed E-state index contributed by atoms with van der Waals surface area (Å²) in [7, 11) is 0. The molecule has 14 heteroatoms. The van der Waals surface area contributed by atoms with Gasteiger partial charge in [-0.2, -0.15) is 13.2 Å². The third-order valence-electron chi connectivity index (χ3n) is 5.87. The van der Waals surface area contributed by atoms with E-state index in [4.69, 9.17) is 19.9 Å². The molecule has 3 heterocycles. The van der Waals surface area contributed by atoms with E-state index in [1.54, 1.807) is 25.7 Å². The predicted octanol–water partition coefficient (Wildman–Crippen LogP) is 4.36. The van der Waals surface area contributed by atoms with Crippen LogP contribution >= 0.6 is 0 Å². The highest BCUT2D eigenvalue weighted by Crippen LogP contribution is 2.31. The molecular weight excluding hydrogens is 549 g/mol. The first-order valence-corrected chi connectivity index (χ1v) is 13.4. The van der Waals surface area contributed by atoms with Gasteiger partial charge in [0.15, 0.2) is 0 Å². The molecule has 0 unspecified atom stereocenters. The molecule has 41 heavy (non-hydrogen) atoms. The van der Waals surface area contributed by atoms with Gasteiger partial charge in [0.2, 0.25) is 11.8 Å². The first-order chi connectivity index (χ1) is 18.7. The van der Waals surface area contributed by atoms with Crippen LogP contribution in [0.4, 0.5) is 22.8 Å². The average Bonchev–Trinajstić information content (AvgIpc) is 2.82. The van der Waals surface area contributed by atoms with Crippen molar-refractivity contribution >= 4 is 18.1 Å². The molecule has 1 aromatic rings. The van der Waals surface area contributed by atoms with Crippen LogP contribution in [-0.4, -0.2) is 87.6 Å². The number of rotatable bonds is 3. The number of carbonyl (C=O) groups excluding carboxylic acids is 3. The number of hydrogen-bond donors (Lipinski definition) is 2. The fraction of sp³-hybridized carbons (Fsp3) is 0.704. The molecule has 11 nitrogen and oxygen atoms in total. The number of primary amides is 1. The van der Waals surface area contributed by atoms with Gasteiger partial charge in [-0.05, 0) is 60.5 Å². The van der Waals surface area contributed by atoms with Crippen molar-refractivity contribution < 1.29 is 46.9 Å². The Hall–Kier alpha value is -3.29. The number of amides is 3. The standard InChI is InChI=1S/C17H22F3N3O4.C10H19NO3/c1-16(2,3)27-15(25)23-6-4-11(5-7-23)26-13-9-10(14(21)24)8-12(22-13)17(18,19)20;1-10(2,3)14-9(13)11-6-4-8(12)5-7-11/h8-9,11H,4-7H2,1-3H3,(H2,21,24);8,12H,4-7H2,1-3H3. The molecule has 3 N–H and O–H groups in total. The summed E-state index contributed by atoms with van der Waals surface area (Å²) in [4.78, 5) is 41.4. The fourth-order valence-electron chi connectivity index (χ4n) is 3.88. The molecule has 0 aromatic carbocycles. The fourth-order valence-corrected chi connectivity index (χ4v) is 3.88. The molecule has 232 valence electrons. The van der Waals surface area contributed by atoms with Crippen LogP contribution in [0, 0.1) is 0 Å². The first kappa shape index (κ1) is 33.9. The van der Waals surface area contributed by atoms with E-state index in [1.165, 1.54) is 4.90 Å². The van der Waals surface area contributed by atoms with E-state index in [2.05, 4.69) is 4.98 Å². The lowest BCUT2D eigenvalue weighted by atomic mass is 10.1. The number of nitrogens with two attached hydrogens (primary N) is 1. The third-order valence-corrected chi connectivity index (χ3v) is 5.87. The predicted molar refractivity (Wildman–Crippen MR) is 142 cm³/mol. The maximum atomic E-state index is 12.9. The summed E-state index contributed by atoms with van der Waals surface area (Å²) >= 11 is 0. The van der Waals surface area contributed by atoms with E-state index in [1.807, 2.05) is 20.8 Å². The van der Waals surface area contributed by atoms with Crippen LogP contribution in [0.1, 0.15) is 83.3 Å². The summed E-state index contributed by atoms with van der Waals surface area (Å²) in [5, 5.41) is 9.26. The second-order valence-electron chi connectivity index (χ2n) is 11.9. The highest BCUT2D eigenvalue weighted by Gasteiger charge is 2.35. The number of carbonyl (C=O) groups is 3. The number of aromatic nitrogens is 1. The Kier molecular flexibility index (Phi) is 11.2. The largest absolute Gasteiger partial charge is 0.474 e. The van der Waals surface area contributed by atoms with Gasteiger partial charge in [0.05, 0.1) is 6.10 Å². The van der Waals surface area contributed by atoms with Crippen molar-refractivity contribution in [1.82, 2.24) is 14.8 Å². The van der Waals surface area contributed by atoms with Crippen LogP contribution < -0.4 is 10.5 Å². The van der Waals surface area contributed by atoms with E-state index < -0.39 is 41.2 Å². The number of hydrogen-bond acceptors (Lipinski definition) is 8. The van der Waals surface area contributed by atoms with Crippen LogP contribution in [0.3, 0.4) is 0 Å². The number of alkyl halides is 3. The van der Waals surface area contributed by atoms with Crippen molar-refractivity contribution in [3.05, 3.63) is 23.4 Å². The molecule has 0 atom stereocenters. The first-order valence-electron chi connectivity index (χ1n) is 13.4. The van der Waals surface area contributed by atoms with Gasteiger partial charge < -0.3 is 34.9 Å². The van der Waals surface area contributed by atoms with Crippen LogP contribution in [-0.2, 0) is 15.7 Å². The lowest BCUT2D eigenvalue weighted by Gasteiger charge is -2.33. The van der Waals surface area contributed by atoms with Crippen LogP contribution in [0.5, 0.6) is 5.88 Å². The Labute approximate surface area is 238 Å². The third kappa shape index (κ3) is 12.0. The molecule has 0 aliphatic carbocycles. The summed E-state index contributed by atoms with van der Waals surface area (Å²) in [6.45, 7) is 12.7. The van der Waals surface area contributed by atoms with Gasteiger partial charge in [-0.15, -0.1) is 0 Å². The zero-order chi connectivity index (χ0) is 31.2. The normalized spacial score (nSPS) is 17.3. The minimum atomic E-state index is -4.73. The van der Waals surface area contributed by atoms with E-state index in [0.717, 1.165) is 6.07 Å². The quantitative estimate of drug-likeness (QED) is 0.529. The minimum absolute atomic E-state index is 0.256. The van der Waals surface area contributed by atoms with Gasteiger partial charge in [0.25, 0.3) is 0 Å². The Morgan fingerprint density at radius 1 is 0.854 bits per heavy atom. The summed E-state index contributed by atoms with van der Waals surface area (Å²) in [5.74, 6) is -1.33. The number of halogens is 3. The van der Waals surface area contributed by atoms with Crippen molar-refractivity contribution in [3.63, 3.8) is 0 Å². The van der Waals surface area contributed by atoms with Gasteiger partial charge >= 0.3 is 18.4 Å². The number of aliphatic hydroxyl groups excluding tert-OH is 1. The Morgan fingerprint density at radius 3 is 1.68 bits per heavy atom. The van der Waals surface area contributed by atoms with Gasteiger partial charge in [0.1, 0.15) is 23.0 Å². The molecule has 2 aliphatic rings. The van der Waals surface area contributed by atoms with Crippen molar-refractivity contribution in [3.8, 4) is 5.88 Å². The maximum Gasteiger partial charge on any atom is 0.433 e. The number of piperidine rings is 2. The lowest BCUT2D eigenvalue weighted by Crippen LogP contribution is -2.44. The summed E-state index contributed by atoms with van der Waals surface area (Å²) < 4.78 is 54.8. The Balaban J connectivity index is 0.000000353. The second-order valence-corrected chi connectivity index (χ2v) is 11.9. The van der Waals surface area contributed by atoms with Crippen molar-refractivity contribution in [2.24, 2.45) is 5.73 Å². The molecule has 0 saturated carbocycles. The van der Waals surface area contributed by atoms with Crippen LogP contribution in [0.25, 0.3) is 0 Å². The summed E-state index contributed by atoms with van der Waals surface area (Å²) in [6, 6.07) is 1.66. The highest BCUT2D eigenvalue weighted by molar-refractivity contribution is 5.93. The van der Waals surface area contributed by atoms with Gasteiger partial charge in [0, 0.05) is 50.7 Å². The topological polar surface area (TPSA) is 145 Å². The Morgan fingerprint density at radius 2 is 1.29 bits per heavy atom. The minimum Gasteiger partial charge on any atom is -0.474 e. The number of likely N-dealkylation sites (tertiary alicyclic amines) is 2. The number of ether oxygens (including phenoxy) is 3. The zero-order valence-electron chi connectivity index (χ0n) is 24.4. The van der Waals surface area contributed by atoms with E-state index in [9.17, 15) is 32.7 Å². The molecule has 0 spiro atoms. The molecule has 3 rings (SSSR count). The van der Waals surface area contributed by atoms with Crippen molar-refractivity contribution in [2.45, 2.75) is 96.8 Å². The second kappa shape index (κ2) is 13.6. The van der Waals surface area contributed by atoms with Crippen LogP contribution in [0.2, 0.25) is 0 Å². The van der Waals surface area contributed by atoms with Gasteiger partial charge in [-0.3, -0.25) is 4.79 Å². The lowest BCUT2D eigenvalue weighted by molar-refractivity contribution is -0.141. The monoisotopic (exact) mass is 590 g/mol. The number of pyridine rings is 1. The Bertz CT molecular complexity index is 1050. The smallest absolute Gasteiger partial charge is 0.433 e. The zero-order valence-corrected chi connectivity index (χ0v) is 24.4. The van der Waals surface area contributed by atoms with Gasteiger partial charge in [-0.1, -0.05) is 0 Å². The van der Waals surface area contributed by atoms with Gasteiger partial charge in [-0.25, -0.2) is 14.6 Å². The van der Waals surface area contributed by atoms with Crippen molar-refractivity contribution in [1.29, 1.82) is 0 Å². The van der Waals surface area contributed by atoms with E-state index in [0.29, 0.717) is 57.9 Å². The summed E-state index contributed by atoms with van der Waals surface area (Å²) in [6.07, 6.45) is -4.07. The highest BCUT2D eigenvalue weighted by atomic mass is 19.4. The van der Waals surface area contributed by atoms with Crippen molar-refractivity contribution in [2.75, 3.05) is 26.2 Å². The molecule has 2 fully saturated rings. The molecule has 0 bridgehead atoms. The number of nitrogens with zero attached hydrogens (tertiary/aromatic N) is 3. The molecule has 0 radical (unpaired) electrons. The molecular formula is C27H41F3N4O7. The average molecular weight is 591 g/mol. The summed E-state index contributed by atoms with van der Waals surface area (Å²) in [5.41, 5.74) is 2.45. The molecule has 2 aliphatic heterocycles.